The van der Waals surface area contributed by atoms with Gasteiger partial charge in [0.05, 0.1) is 24.0 Å². The number of aromatic nitrogens is 3. The minimum Gasteiger partial charge on any atom is -0.388 e. The number of anilines is 1. The highest BCUT2D eigenvalue weighted by molar-refractivity contribution is 5.84. The van der Waals surface area contributed by atoms with Crippen LogP contribution in [0.15, 0.2) is 42.9 Å². The van der Waals surface area contributed by atoms with Crippen LogP contribution >= 0.6 is 0 Å². The second-order valence-electron chi connectivity index (χ2n) is 4.99. The molecule has 0 saturated carbocycles. The number of nitrogens with two attached hydrogens (primary N) is 1. The molecule has 0 saturated heterocycles. The zero-order valence-electron chi connectivity index (χ0n) is 11.2. The van der Waals surface area contributed by atoms with Gasteiger partial charge in [0.1, 0.15) is 17.7 Å². The van der Waals surface area contributed by atoms with Gasteiger partial charge in [0.15, 0.2) is 5.82 Å². The van der Waals surface area contributed by atoms with Crippen molar-refractivity contribution in [2.45, 2.75) is 24.4 Å². The number of nitrogens with zero attached hydrogens (tertiary/aromatic N) is 3. The molecular formula is C14H16N4O3. The molecule has 2 aromatic heterocycles. The summed E-state index contributed by atoms with van der Waals surface area (Å²) in [7, 11) is 0. The molecule has 5 N–H and O–H groups in total. The highest BCUT2D eigenvalue weighted by Gasteiger charge is 2.38. The molecule has 0 bridgehead atoms. The monoisotopic (exact) mass is 288 g/mol. The topological polar surface area (TPSA) is 117 Å². The quantitative estimate of drug-likeness (QED) is 0.579. The summed E-state index contributed by atoms with van der Waals surface area (Å²) < 4.78 is 1.70. The predicted molar refractivity (Wildman–Crippen MR) is 77.3 cm³/mol. The first kappa shape index (κ1) is 13.7. The number of imidazole rings is 1. The van der Waals surface area contributed by atoms with Gasteiger partial charge in [-0.25, -0.2) is 9.97 Å². The Morgan fingerprint density at radius 2 is 2.14 bits per heavy atom. The smallest absolute Gasteiger partial charge is 0.151 e. The number of rotatable bonds is 3. The van der Waals surface area contributed by atoms with Gasteiger partial charge in [0.2, 0.25) is 0 Å². The molecule has 1 aliphatic carbocycles. The van der Waals surface area contributed by atoms with Crippen molar-refractivity contribution in [3.05, 3.63) is 42.9 Å². The van der Waals surface area contributed by atoms with Crippen LogP contribution in [0.25, 0.3) is 11.0 Å². The Labute approximate surface area is 120 Å². The molecule has 3 rings (SSSR count). The van der Waals surface area contributed by atoms with E-state index in [0.717, 1.165) is 0 Å². The molecule has 0 spiro atoms. The molecule has 7 heteroatoms. The Morgan fingerprint density at radius 1 is 1.38 bits per heavy atom. The van der Waals surface area contributed by atoms with Gasteiger partial charge in [-0.1, -0.05) is 12.2 Å². The minimum atomic E-state index is -1.15. The van der Waals surface area contributed by atoms with E-state index in [1.807, 2.05) is 0 Å². The molecule has 0 aliphatic heterocycles. The van der Waals surface area contributed by atoms with E-state index in [1.165, 1.54) is 12.4 Å². The van der Waals surface area contributed by atoms with Gasteiger partial charge in [-0.2, -0.15) is 0 Å². The average molecular weight is 288 g/mol. The van der Waals surface area contributed by atoms with Gasteiger partial charge >= 0.3 is 0 Å². The van der Waals surface area contributed by atoms with Crippen molar-refractivity contribution in [3.63, 3.8) is 0 Å². The number of nitrogen functional groups attached to an aromatic ring is 1. The lowest BCUT2D eigenvalue weighted by Gasteiger charge is -2.20. The lowest BCUT2D eigenvalue weighted by atomic mass is 10.1. The molecule has 21 heavy (non-hydrogen) atoms. The van der Waals surface area contributed by atoms with E-state index in [0.29, 0.717) is 22.4 Å². The van der Waals surface area contributed by atoms with Crippen LogP contribution in [0.1, 0.15) is 6.04 Å². The predicted octanol–water partition coefficient (Wildman–Crippen LogP) is -0.237. The fourth-order valence-corrected chi connectivity index (χ4v) is 2.65. The Kier molecular flexibility index (Phi) is 3.25. The molecule has 0 radical (unpaired) electrons. The van der Waals surface area contributed by atoms with Gasteiger partial charge in [-0.15, -0.1) is 6.58 Å². The van der Waals surface area contributed by atoms with Crippen LogP contribution in [0, 0.1) is 0 Å². The molecule has 110 valence electrons. The second-order valence-corrected chi connectivity index (χ2v) is 4.99. The van der Waals surface area contributed by atoms with Crippen molar-refractivity contribution in [2.75, 3.05) is 5.73 Å². The molecule has 0 fully saturated rings. The van der Waals surface area contributed by atoms with Crippen LogP contribution in [-0.2, 0) is 0 Å². The fraction of sp³-hybridized carbons (Fsp3) is 0.286. The van der Waals surface area contributed by atoms with E-state index in [4.69, 9.17) is 5.73 Å². The average Bonchev–Trinajstić information content (AvgIpc) is 3.02. The van der Waals surface area contributed by atoms with E-state index in [1.54, 1.807) is 22.9 Å². The number of hydrogen-bond acceptors (Lipinski definition) is 6. The molecule has 0 amide bonds. The summed E-state index contributed by atoms with van der Waals surface area (Å²) in [4.78, 5) is 8.14. The third-order valence-corrected chi connectivity index (χ3v) is 3.78. The van der Waals surface area contributed by atoms with Gasteiger partial charge in [0, 0.05) is 6.20 Å². The van der Waals surface area contributed by atoms with Crippen LogP contribution in [0.4, 0.5) is 5.82 Å². The molecule has 4 unspecified atom stereocenters. The van der Waals surface area contributed by atoms with Crippen molar-refractivity contribution in [2.24, 2.45) is 0 Å². The molecule has 2 aromatic rings. The van der Waals surface area contributed by atoms with Crippen molar-refractivity contribution in [1.82, 2.24) is 14.5 Å². The molecule has 0 aromatic carbocycles. The minimum absolute atomic E-state index is 0.301. The number of fused-ring (bicyclic) bond motifs is 1. The zero-order chi connectivity index (χ0) is 15.1. The number of aliphatic hydroxyl groups is 3. The van der Waals surface area contributed by atoms with Crippen molar-refractivity contribution in [3.8, 4) is 0 Å². The summed E-state index contributed by atoms with van der Waals surface area (Å²) >= 11 is 0. The van der Waals surface area contributed by atoms with Crippen molar-refractivity contribution < 1.29 is 15.3 Å². The van der Waals surface area contributed by atoms with Gasteiger partial charge in [-0.3, -0.25) is 0 Å². The third-order valence-electron chi connectivity index (χ3n) is 3.78. The zero-order valence-corrected chi connectivity index (χ0v) is 11.2. The van der Waals surface area contributed by atoms with Gasteiger partial charge < -0.3 is 25.6 Å². The number of hydrogen-bond donors (Lipinski definition) is 4. The van der Waals surface area contributed by atoms with E-state index in [9.17, 15) is 15.3 Å². The van der Waals surface area contributed by atoms with Crippen LogP contribution in [-0.4, -0.2) is 48.2 Å². The van der Waals surface area contributed by atoms with Gasteiger partial charge in [-0.05, 0) is 11.6 Å². The Hall–Kier alpha value is -2.22. The normalized spacial score (nSPS) is 26.8. The number of aliphatic hydroxyl groups excluding tert-OH is 3. The molecule has 7 nitrogen and oxygen atoms in total. The van der Waals surface area contributed by atoms with E-state index < -0.39 is 24.4 Å². The maximum Gasteiger partial charge on any atom is 0.151 e. The molecule has 2 heterocycles. The summed E-state index contributed by atoms with van der Waals surface area (Å²) in [5.41, 5.74) is 7.32. The summed E-state index contributed by atoms with van der Waals surface area (Å²) in [5.74, 6) is 0.301. The Morgan fingerprint density at radius 3 is 2.86 bits per heavy atom. The Balaban J connectivity index is 2.08. The summed E-state index contributed by atoms with van der Waals surface area (Å²) in [6.45, 7) is 3.49. The van der Waals surface area contributed by atoms with Crippen molar-refractivity contribution in [1.29, 1.82) is 0 Å². The lowest BCUT2D eigenvalue weighted by Crippen LogP contribution is -2.31. The fourth-order valence-electron chi connectivity index (χ4n) is 2.65. The van der Waals surface area contributed by atoms with E-state index in [-0.39, 0.29) is 0 Å². The summed E-state index contributed by atoms with van der Waals surface area (Å²) in [6.07, 6.45) is 2.78. The van der Waals surface area contributed by atoms with Crippen LogP contribution in [0.3, 0.4) is 0 Å². The first-order valence-corrected chi connectivity index (χ1v) is 6.50. The maximum absolute atomic E-state index is 10.2. The SMILES string of the molecule is C=CC(O)C1=CC(n2cnc3c(N)nccc32)C(O)C1O. The molecular weight excluding hydrogens is 272 g/mol. The highest BCUT2D eigenvalue weighted by Crippen LogP contribution is 2.33. The van der Waals surface area contributed by atoms with Crippen LogP contribution < -0.4 is 5.73 Å². The van der Waals surface area contributed by atoms with Crippen LogP contribution in [0.2, 0.25) is 0 Å². The lowest BCUT2D eigenvalue weighted by molar-refractivity contribution is 0.0255. The van der Waals surface area contributed by atoms with E-state index in [2.05, 4.69) is 16.5 Å². The number of pyridine rings is 1. The Bertz CT molecular complexity index is 724. The second kappa shape index (κ2) is 4.96. The third kappa shape index (κ3) is 2.02. The summed E-state index contributed by atoms with van der Waals surface area (Å²) in [6, 6.07) is 1.18. The van der Waals surface area contributed by atoms with E-state index >= 15 is 0 Å². The maximum atomic E-state index is 10.2. The van der Waals surface area contributed by atoms with Crippen LogP contribution in [0.5, 0.6) is 0 Å². The highest BCUT2D eigenvalue weighted by atomic mass is 16.3. The van der Waals surface area contributed by atoms with Crippen molar-refractivity contribution >= 4 is 16.9 Å². The molecule has 1 aliphatic rings. The standard InChI is InChI=1S/C14H16N4O3/c1-2-10(19)7-5-9(13(21)12(7)20)18-6-17-11-8(18)3-4-16-14(11)15/h2-6,9-10,12-13,19-21H,1H2,(H2,15,16). The first-order valence-electron chi connectivity index (χ1n) is 6.50. The summed E-state index contributed by atoms with van der Waals surface area (Å²) in [5, 5.41) is 30.1. The first-order chi connectivity index (χ1) is 10.0. The molecule has 4 atom stereocenters. The largest absolute Gasteiger partial charge is 0.388 e. The van der Waals surface area contributed by atoms with Gasteiger partial charge in [0.25, 0.3) is 0 Å².